The molecule has 5 aromatic rings. The maximum absolute atomic E-state index is 5.91. The lowest BCUT2D eigenvalue weighted by Gasteiger charge is -1.99. The van der Waals surface area contributed by atoms with E-state index in [1.54, 1.807) is 11.8 Å². The molecule has 3 aromatic heterocycles. The Bertz CT molecular complexity index is 1140. The van der Waals surface area contributed by atoms with Gasteiger partial charge in [0, 0.05) is 11.1 Å². The summed E-state index contributed by atoms with van der Waals surface area (Å²) >= 11 is 3.30. The van der Waals surface area contributed by atoms with Crippen molar-refractivity contribution in [1.82, 2.24) is 19.8 Å². The van der Waals surface area contributed by atoms with Gasteiger partial charge in [-0.1, -0.05) is 59.9 Å². The van der Waals surface area contributed by atoms with Gasteiger partial charge in [-0.05, 0) is 17.7 Å². The third-order valence-electron chi connectivity index (χ3n) is 4.03. The van der Waals surface area contributed by atoms with Crippen molar-refractivity contribution in [3.8, 4) is 10.8 Å². The Morgan fingerprint density at radius 3 is 2.69 bits per heavy atom. The highest BCUT2D eigenvalue weighted by molar-refractivity contribution is 7.97. The average Bonchev–Trinajstić information content (AvgIpc) is 3.36. The predicted octanol–water partition coefficient (Wildman–Crippen LogP) is 5.03. The second-order valence-electron chi connectivity index (χ2n) is 5.84. The molecule has 0 saturated heterocycles. The van der Waals surface area contributed by atoms with Crippen molar-refractivity contribution in [2.24, 2.45) is 0 Å². The quantitative estimate of drug-likeness (QED) is 0.429. The third kappa shape index (κ3) is 2.89. The van der Waals surface area contributed by atoms with Crippen LogP contribution in [-0.2, 0) is 11.5 Å². The molecule has 26 heavy (non-hydrogen) atoms. The molecule has 0 radical (unpaired) electrons. The molecule has 0 amide bonds. The summed E-state index contributed by atoms with van der Waals surface area (Å²) in [5.74, 6) is 3.33. The third-order valence-corrected chi connectivity index (χ3v) is 5.95. The Hall–Kier alpha value is -2.64. The minimum Gasteiger partial charge on any atom is -0.453 e. The molecule has 0 bridgehead atoms. The zero-order valence-corrected chi connectivity index (χ0v) is 15.3. The van der Waals surface area contributed by atoms with E-state index < -0.39 is 0 Å². The van der Waals surface area contributed by atoms with Crippen LogP contribution in [0.1, 0.15) is 11.4 Å². The van der Waals surface area contributed by atoms with E-state index in [1.807, 2.05) is 40.9 Å². The number of thioether (sulfide) groups is 1. The second kappa shape index (κ2) is 6.59. The lowest BCUT2D eigenvalue weighted by atomic mass is 10.2. The van der Waals surface area contributed by atoms with Gasteiger partial charge < -0.3 is 4.42 Å². The number of rotatable bonds is 5. The van der Waals surface area contributed by atoms with Crippen molar-refractivity contribution < 1.29 is 4.42 Å². The maximum atomic E-state index is 5.91. The highest BCUT2D eigenvalue weighted by atomic mass is 32.2. The smallest absolute Gasteiger partial charge is 0.235 e. The van der Waals surface area contributed by atoms with Crippen LogP contribution >= 0.6 is 23.1 Å². The Balaban J connectivity index is 1.38. The molecule has 0 N–H and O–H groups in total. The summed E-state index contributed by atoms with van der Waals surface area (Å²) in [4.78, 5) is 0.788. The van der Waals surface area contributed by atoms with Gasteiger partial charge in [0.15, 0.2) is 16.6 Å². The second-order valence-corrected chi connectivity index (χ2v) is 7.79. The fraction of sp³-hybridized carbons (Fsp3) is 0.105. The molecule has 0 aliphatic rings. The van der Waals surface area contributed by atoms with Crippen LogP contribution in [0.15, 0.2) is 65.1 Å². The normalized spacial score (nSPS) is 11.5. The van der Waals surface area contributed by atoms with E-state index in [9.17, 15) is 0 Å². The number of para-hydroxylation sites is 1. The zero-order valence-electron chi connectivity index (χ0n) is 13.7. The Kier molecular flexibility index (Phi) is 3.95. The van der Waals surface area contributed by atoms with Crippen molar-refractivity contribution >= 4 is 39.0 Å². The molecule has 0 unspecified atom stereocenters. The van der Waals surface area contributed by atoms with Crippen LogP contribution in [0.4, 0.5) is 0 Å². The van der Waals surface area contributed by atoms with Crippen LogP contribution in [-0.4, -0.2) is 19.8 Å². The Labute approximate surface area is 157 Å². The van der Waals surface area contributed by atoms with E-state index in [1.165, 1.54) is 16.9 Å². The predicted molar refractivity (Wildman–Crippen MR) is 105 cm³/mol. The molecule has 0 spiro atoms. The van der Waals surface area contributed by atoms with Crippen LogP contribution in [0.3, 0.4) is 0 Å². The van der Waals surface area contributed by atoms with Crippen LogP contribution in [0.2, 0.25) is 0 Å². The molecule has 7 heteroatoms. The summed E-state index contributed by atoms with van der Waals surface area (Å²) in [6, 6.07) is 20.4. The summed E-state index contributed by atoms with van der Waals surface area (Å²) in [7, 11) is 0. The lowest BCUT2D eigenvalue weighted by Crippen LogP contribution is -1.94. The number of hydrogen-bond donors (Lipinski definition) is 0. The van der Waals surface area contributed by atoms with E-state index in [0.717, 1.165) is 44.0 Å². The molecule has 3 heterocycles. The van der Waals surface area contributed by atoms with E-state index in [4.69, 9.17) is 4.42 Å². The largest absolute Gasteiger partial charge is 0.453 e. The van der Waals surface area contributed by atoms with E-state index in [2.05, 4.69) is 39.6 Å². The van der Waals surface area contributed by atoms with Crippen LogP contribution in [0.25, 0.3) is 26.7 Å². The number of nitrogens with zero attached hydrogens (tertiary/aromatic N) is 4. The van der Waals surface area contributed by atoms with E-state index >= 15 is 0 Å². The highest BCUT2D eigenvalue weighted by Crippen LogP contribution is 2.31. The molecular formula is C19H14N4OS2. The summed E-state index contributed by atoms with van der Waals surface area (Å²) < 4.78 is 7.74. The maximum Gasteiger partial charge on any atom is 0.235 e. The number of furan rings is 1. The summed E-state index contributed by atoms with van der Waals surface area (Å²) in [6.07, 6.45) is 0. The van der Waals surface area contributed by atoms with Crippen LogP contribution in [0.5, 0.6) is 0 Å². The minimum atomic E-state index is 0.763. The summed E-state index contributed by atoms with van der Waals surface area (Å²) in [5.41, 5.74) is 2.17. The van der Waals surface area contributed by atoms with Gasteiger partial charge in [0.25, 0.3) is 0 Å². The van der Waals surface area contributed by atoms with Gasteiger partial charge in [-0.2, -0.15) is 4.52 Å². The van der Waals surface area contributed by atoms with Gasteiger partial charge in [-0.25, -0.2) is 0 Å². The molecular weight excluding hydrogens is 364 g/mol. The van der Waals surface area contributed by atoms with Gasteiger partial charge in [-0.15, -0.1) is 27.1 Å². The fourth-order valence-electron chi connectivity index (χ4n) is 2.77. The zero-order chi connectivity index (χ0) is 17.3. The Morgan fingerprint density at radius 2 is 1.81 bits per heavy atom. The first kappa shape index (κ1) is 15.6. The number of hydrogen-bond acceptors (Lipinski definition) is 6. The van der Waals surface area contributed by atoms with Gasteiger partial charge >= 0.3 is 0 Å². The number of benzene rings is 2. The average molecular weight is 378 g/mol. The molecule has 0 atom stereocenters. The standard InChI is InChI=1S/C19H14N4OS2/c1-2-6-13(7-3-1)11-25-12-17-20-21-19-23(17)22-18(26-19)16-10-14-8-4-5-9-15(14)24-16/h1-10H,11-12H2. The molecule has 5 rings (SSSR count). The molecule has 0 fully saturated rings. The van der Waals surface area contributed by atoms with Crippen molar-refractivity contribution in [1.29, 1.82) is 0 Å². The van der Waals surface area contributed by atoms with Crippen molar-refractivity contribution in [2.45, 2.75) is 11.5 Å². The Morgan fingerprint density at radius 1 is 0.962 bits per heavy atom. The minimum absolute atomic E-state index is 0.763. The van der Waals surface area contributed by atoms with E-state index in [0.29, 0.717) is 0 Å². The van der Waals surface area contributed by atoms with Gasteiger partial charge in [0.05, 0.1) is 5.75 Å². The first-order valence-corrected chi connectivity index (χ1v) is 10.2. The van der Waals surface area contributed by atoms with Gasteiger partial charge in [-0.3, -0.25) is 0 Å². The first-order chi connectivity index (χ1) is 12.9. The molecule has 0 saturated carbocycles. The molecule has 2 aromatic carbocycles. The van der Waals surface area contributed by atoms with Crippen LogP contribution < -0.4 is 0 Å². The van der Waals surface area contributed by atoms with Crippen molar-refractivity contribution in [2.75, 3.05) is 0 Å². The fourth-order valence-corrected chi connectivity index (χ4v) is 4.47. The van der Waals surface area contributed by atoms with Crippen molar-refractivity contribution in [3.05, 3.63) is 72.1 Å². The molecule has 0 aliphatic carbocycles. The van der Waals surface area contributed by atoms with Gasteiger partial charge in [0.1, 0.15) is 5.58 Å². The summed E-state index contributed by atoms with van der Waals surface area (Å²) in [5, 5.41) is 15.1. The number of fused-ring (bicyclic) bond motifs is 2. The highest BCUT2D eigenvalue weighted by Gasteiger charge is 2.15. The first-order valence-electron chi connectivity index (χ1n) is 8.18. The SMILES string of the molecule is c1ccc(CSCc2nnc3sc(-c4cc5ccccc5o4)nn23)cc1. The van der Waals surface area contributed by atoms with Crippen molar-refractivity contribution in [3.63, 3.8) is 0 Å². The van der Waals surface area contributed by atoms with Gasteiger partial charge in [0.2, 0.25) is 4.96 Å². The molecule has 5 nitrogen and oxygen atoms in total. The molecule has 0 aliphatic heterocycles. The molecule has 128 valence electrons. The van der Waals surface area contributed by atoms with E-state index in [-0.39, 0.29) is 0 Å². The number of aromatic nitrogens is 4. The van der Waals surface area contributed by atoms with Crippen LogP contribution in [0, 0.1) is 0 Å². The monoisotopic (exact) mass is 378 g/mol. The topological polar surface area (TPSA) is 56.2 Å². The summed E-state index contributed by atoms with van der Waals surface area (Å²) in [6.45, 7) is 0. The lowest BCUT2D eigenvalue weighted by molar-refractivity contribution is 0.629.